The highest BCUT2D eigenvalue weighted by atomic mass is 79.9. The van der Waals surface area contributed by atoms with Crippen molar-refractivity contribution in [2.24, 2.45) is 0 Å². The minimum absolute atomic E-state index is 0.00597. The van der Waals surface area contributed by atoms with Crippen LogP contribution < -0.4 is 9.46 Å². The molecule has 0 bridgehead atoms. The smallest absolute Gasteiger partial charge is 0.262 e. The van der Waals surface area contributed by atoms with E-state index in [4.69, 9.17) is 4.74 Å². The molecule has 0 atom stereocenters. The molecule has 0 heterocycles. The van der Waals surface area contributed by atoms with E-state index in [9.17, 15) is 13.2 Å². The first-order chi connectivity index (χ1) is 14.3. The van der Waals surface area contributed by atoms with Crippen molar-refractivity contribution in [2.75, 3.05) is 18.9 Å². The van der Waals surface area contributed by atoms with Gasteiger partial charge < -0.3 is 9.64 Å². The van der Waals surface area contributed by atoms with Gasteiger partial charge in [0.2, 0.25) is 0 Å². The zero-order valence-corrected chi connectivity index (χ0v) is 18.9. The van der Waals surface area contributed by atoms with E-state index in [0.717, 1.165) is 10.0 Å². The van der Waals surface area contributed by atoms with Gasteiger partial charge in [-0.1, -0.05) is 52.3 Å². The normalized spacial score (nSPS) is 11.0. The predicted octanol–water partition coefficient (Wildman–Crippen LogP) is 4.53. The van der Waals surface area contributed by atoms with Crippen LogP contribution in [0, 0.1) is 0 Å². The van der Waals surface area contributed by atoms with Crippen molar-refractivity contribution in [1.29, 1.82) is 0 Å². The van der Waals surface area contributed by atoms with Crippen molar-refractivity contribution in [2.45, 2.75) is 11.4 Å². The molecule has 0 fully saturated rings. The van der Waals surface area contributed by atoms with E-state index in [2.05, 4.69) is 20.7 Å². The van der Waals surface area contributed by atoms with Crippen molar-refractivity contribution in [3.63, 3.8) is 0 Å². The fourth-order valence-electron chi connectivity index (χ4n) is 2.90. The Kier molecular flexibility index (Phi) is 6.79. The van der Waals surface area contributed by atoms with E-state index in [-0.39, 0.29) is 16.4 Å². The third-order valence-corrected chi connectivity index (χ3v) is 6.59. The Morgan fingerprint density at radius 1 is 1.03 bits per heavy atom. The molecule has 0 aliphatic rings. The lowest BCUT2D eigenvalue weighted by atomic mass is 10.1. The van der Waals surface area contributed by atoms with E-state index >= 15 is 0 Å². The Morgan fingerprint density at radius 3 is 2.47 bits per heavy atom. The van der Waals surface area contributed by atoms with Crippen LogP contribution in [0.25, 0.3) is 0 Å². The molecule has 0 aromatic heterocycles. The number of sulfonamides is 1. The molecule has 1 amide bonds. The molecule has 0 saturated carbocycles. The molecule has 3 aromatic rings. The highest BCUT2D eigenvalue weighted by molar-refractivity contribution is 9.10. The molecule has 8 heteroatoms. The second kappa shape index (κ2) is 9.32. The summed E-state index contributed by atoms with van der Waals surface area (Å²) >= 11 is 3.48. The van der Waals surface area contributed by atoms with Gasteiger partial charge in [0, 0.05) is 23.6 Å². The molecule has 0 unspecified atom stereocenters. The molecule has 0 aliphatic carbocycles. The van der Waals surface area contributed by atoms with Crippen molar-refractivity contribution in [3.05, 3.63) is 88.4 Å². The maximum Gasteiger partial charge on any atom is 0.262 e. The number of halogens is 1. The highest BCUT2D eigenvalue weighted by Gasteiger charge is 2.20. The standard InChI is InChI=1S/C22H21BrN2O4S/c1-25(15-17-8-3-4-11-19(17)23)22(26)16-9-7-10-18(14-16)30(27,28)24-20-12-5-6-13-21(20)29-2/h3-14,24H,15H2,1-2H3. The first-order valence-electron chi connectivity index (χ1n) is 9.06. The van der Waals surface area contributed by atoms with Crippen molar-refractivity contribution in [3.8, 4) is 5.75 Å². The van der Waals surface area contributed by atoms with Crippen LogP contribution in [0.5, 0.6) is 5.75 Å². The summed E-state index contributed by atoms with van der Waals surface area (Å²) in [6, 6.07) is 20.3. The monoisotopic (exact) mass is 488 g/mol. The van der Waals surface area contributed by atoms with Crippen LogP contribution in [-0.4, -0.2) is 33.4 Å². The van der Waals surface area contributed by atoms with Crippen LogP contribution in [0.2, 0.25) is 0 Å². The number of carbonyl (C=O) groups is 1. The molecule has 3 aromatic carbocycles. The van der Waals surface area contributed by atoms with Crippen LogP contribution in [0.3, 0.4) is 0 Å². The molecule has 30 heavy (non-hydrogen) atoms. The number of ether oxygens (including phenoxy) is 1. The number of anilines is 1. The fourth-order valence-corrected chi connectivity index (χ4v) is 4.43. The quantitative estimate of drug-likeness (QED) is 0.529. The molecule has 1 N–H and O–H groups in total. The largest absolute Gasteiger partial charge is 0.495 e. The molecule has 3 rings (SSSR count). The van der Waals surface area contributed by atoms with Gasteiger partial charge in [0.1, 0.15) is 5.75 Å². The van der Waals surface area contributed by atoms with Gasteiger partial charge >= 0.3 is 0 Å². The summed E-state index contributed by atoms with van der Waals surface area (Å²) in [6.45, 7) is 0.386. The van der Waals surface area contributed by atoms with Crippen molar-refractivity contribution in [1.82, 2.24) is 4.90 Å². The van der Waals surface area contributed by atoms with E-state index < -0.39 is 10.0 Å². The van der Waals surface area contributed by atoms with Crippen LogP contribution in [0.4, 0.5) is 5.69 Å². The number of amides is 1. The maximum absolute atomic E-state index is 12.9. The van der Waals surface area contributed by atoms with E-state index in [1.807, 2.05) is 24.3 Å². The van der Waals surface area contributed by atoms with Gasteiger partial charge in [-0.15, -0.1) is 0 Å². The van der Waals surface area contributed by atoms with E-state index in [1.54, 1.807) is 48.3 Å². The lowest BCUT2D eigenvalue weighted by Crippen LogP contribution is -2.26. The molecule has 0 spiro atoms. The minimum Gasteiger partial charge on any atom is -0.495 e. The number of methoxy groups -OCH3 is 1. The Hall–Kier alpha value is -2.84. The van der Waals surface area contributed by atoms with Gasteiger partial charge in [0.15, 0.2) is 0 Å². The summed E-state index contributed by atoms with van der Waals surface area (Å²) < 4.78 is 34.3. The Labute approximate surface area is 184 Å². The number of benzene rings is 3. The lowest BCUT2D eigenvalue weighted by molar-refractivity contribution is 0.0784. The van der Waals surface area contributed by atoms with Gasteiger partial charge in [0.25, 0.3) is 15.9 Å². The van der Waals surface area contributed by atoms with Crippen molar-refractivity contribution < 1.29 is 17.9 Å². The predicted molar refractivity (Wildman–Crippen MR) is 120 cm³/mol. The lowest BCUT2D eigenvalue weighted by Gasteiger charge is -2.19. The highest BCUT2D eigenvalue weighted by Crippen LogP contribution is 2.26. The molecular formula is C22H21BrN2O4S. The van der Waals surface area contributed by atoms with Crippen LogP contribution in [0.15, 0.2) is 82.2 Å². The summed E-state index contributed by atoms with van der Waals surface area (Å²) in [7, 11) is -0.759. The zero-order valence-electron chi connectivity index (χ0n) is 16.5. The number of hydrogen-bond acceptors (Lipinski definition) is 4. The minimum atomic E-state index is -3.90. The number of rotatable bonds is 7. The van der Waals surface area contributed by atoms with Gasteiger partial charge in [-0.05, 0) is 42.0 Å². The third-order valence-electron chi connectivity index (χ3n) is 4.45. The van der Waals surface area contributed by atoms with Gasteiger partial charge in [-0.3, -0.25) is 9.52 Å². The fraction of sp³-hybridized carbons (Fsp3) is 0.136. The Balaban J connectivity index is 1.82. The first-order valence-corrected chi connectivity index (χ1v) is 11.3. The maximum atomic E-state index is 12.9. The Morgan fingerprint density at radius 2 is 1.73 bits per heavy atom. The SMILES string of the molecule is COc1ccccc1NS(=O)(=O)c1cccc(C(=O)N(C)Cc2ccccc2Br)c1. The average Bonchev–Trinajstić information content (AvgIpc) is 2.75. The van der Waals surface area contributed by atoms with Crippen LogP contribution >= 0.6 is 15.9 Å². The average molecular weight is 489 g/mol. The van der Waals surface area contributed by atoms with Crippen LogP contribution in [-0.2, 0) is 16.6 Å². The summed E-state index contributed by atoms with van der Waals surface area (Å²) in [4.78, 5) is 14.4. The first kappa shape index (κ1) is 21.9. The van der Waals surface area contributed by atoms with Gasteiger partial charge in [-0.2, -0.15) is 0 Å². The molecule has 156 valence electrons. The number of hydrogen-bond donors (Lipinski definition) is 1. The Bertz CT molecular complexity index is 1170. The molecule has 0 saturated heterocycles. The van der Waals surface area contributed by atoms with Crippen molar-refractivity contribution >= 4 is 37.5 Å². The summed E-state index contributed by atoms with van der Waals surface area (Å²) in [5.74, 6) is 0.126. The summed E-state index contributed by atoms with van der Waals surface area (Å²) in [5, 5.41) is 0. The molecule has 0 radical (unpaired) electrons. The number of nitrogens with zero attached hydrogens (tertiary/aromatic N) is 1. The number of carbonyl (C=O) groups excluding carboxylic acids is 1. The van der Waals surface area contributed by atoms with E-state index in [0.29, 0.717) is 18.0 Å². The summed E-state index contributed by atoms with van der Waals surface area (Å²) in [5.41, 5.74) is 1.56. The second-order valence-electron chi connectivity index (χ2n) is 6.59. The van der Waals surface area contributed by atoms with Gasteiger partial charge in [-0.25, -0.2) is 8.42 Å². The van der Waals surface area contributed by atoms with Gasteiger partial charge in [0.05, 0.1) is 17.7 Å². The third kappa shape index (κ3) is 5.01. The topological polar surface area (TPSA) is 75.7 Å². The summed E-state index contributed by atoms with van der Waals surface area (Å²) in [6.07, 6.45) is 0. The second-order valence-corrected chi connectivity index (χ2v) is 9.12. The zero-order chi connectivity index (χ0) is 21.7. The van der Waals surface area contributed by atoms with E-state index in [1.165, 1.54) is 19.2 Å². The molecule has 0 aliphatic heterocycles. The number of para-hydroxylation sites is 2. The van der Waals surface area contributed by atoms with Crippen LogP contribution in [0.1, 0.15) is 15.9 Å². The molecular weight excluding hydrogens is 468 g/mol. The number of nitrogens with one attached hydrogen (secondary N) is 1. The molecule has 6 nitrogen and oxygen atoms in total.